The van der Waals surface area contributed by atoms with E-state index in [0.717, 1.165) is 24.1 Å². The fraction of sp³-hybridized carbons (Fsp3) is 0.560. The normalized spacial score (nSPS) is 22.3. The molecule has 202 valence electrons. The molecule has 3 aliphatic rings. The molecule has 0 aromatic carbocycles. The Kier molecular flexibility index (Phi) is 6.95. The van der Waals surface area contributed by atoms with Gasteiger partial charge >= 0.3 is 6.61 Å². The topological polar surface area (TPSA) is 114 Å². The number of anilines is 1. The van der Waals surface area contributed by atoms with Crippen LogP contribution in [0.15, 0.2) is 23.8 Å². The SMILES string of the molecule is O=C(NC1CCN(C(=O)c2cc(N[C@H]3CCC[C@@H]3OC(F)F)nc(-c3cnn4ccsc34)n2)CC1)C1CC1. The maximum atomic E-state index is 13.6. The average molecular weight is 546 g/mol. The predicted molar refractivity (Wildman–Crippen MR) is 136 cm³/mol. The van der Waals surface area contributed by atoms with Gasteiger partial charge in [0.25, 0.3) is 5.91 Å². The number of ether oxygens (including phenoxy) is 1. The standard InChI is InChI=1S/C25H29F2N7O3S/c26-25(27)37-19-3-1-2-17(19)30-20-12-18(31-21(32-20)16-13-28-34-10-11-38-24(16)34)23(36)33-8-6-15(7-9-33)29-22(35)14-4-5-14/h10-15,17,19,25H,1-9H2,(H,29,35)(H,30,31,32)/t17-,19-/m0/s1. The maximum absolute atomic E-state index is 13.6. The average Bonchev–Trinajstić information content (AvgIpc) is 3.30. The summed E-state index contributed by atoms with van der Waals surface area (Å²) < 4.78 is 32.4. The lowest BCUT2D eigenvalue weighted by atomic mass is 10.0. The molecule has 38 heavy (non-hydrogen) atoms. The van der Waals surface area contributed by atoms with Crippen molar-refractivity contribution in [2.24, 2.45) is 5.92 Å². The Labute approximate surface area is 221 Å². The smallest absolute Gasteiger partial charge is 0.345 e. The third-order valence-electron chi connectivity index (χ3n) is 7.46. The highest BCUT2D eigenvalue weighted by molar-refractivity contribution is 7.16. The van der Waals surface area contributed by atoms with Crippen LogP contribution >= 0.6 is 11.3 Å². The van der Waals surface area contributed by atoms with E-state index in [-0.39, 0.29) is 35.5 Å². The van der Waals surface area contributed by atoms with E-state index in [1.807, 2.05) is 11.6 Å². The molecule has 2 N–H and O–H groups in total. The van der Waals surface area contributed by atoms with Crippen molar-refractivity contribution in [1.82, 2.24) is 29.8 Å². The molecule has 13 heteroatoms. The zero-order valence-electron chi connectivity index (χ0n) is 20.7. The lowest BCUT2D eigenvalue weighted by molar-refractivity contribution is -0.162. The molecule has 3 fully saturated rings. The molecule has 2 amide bonds. The van der Waals surface area contributed by atoms with E-state index in [0.29, 0.717) is 56.0 Å². The van der Waals surface area contributed by atoms with E-state index in [2.05, 4.69) is 25.7 Å². The van der Waals surface area contributed by atoms with Crippen LogP contribution in [0, 0.1) is 5.92 Å². The summed E-state index contributed by atoms with van der Waals surface area (Å²) in [6, 6.07) is 1.30. The minimum absolute atomic E-state index is 0.0685. The number of nitrogens with one attached hydrogen (secondary N) is 2. The molecule has 10 nitrogen and oxygen atoms in total. The molecule has 0 unspecified atom stereocenters. The van der Waals surface area contributed by atoms with Crippen molar-refractivity contribution < 1.29 is 23.1 Å². The number of carbonyl (C=O) groups excluding carboxylic acids is 2. The molecule has 4 heterocycles. The van der Waals surface area contributed by atoms with Gasteiger partial charge in [-0.3, -0.25) is 9.59 Å². The number of thiazole rings is 1. The number of amides is 2. The molecule has 3 aromatic heterocycles. The Bertz CT molecular complexity index is 1320. The number of alkyl halides is 2. The maximum Gasteiger partial charge on any atom is 0.345 e. The number of fused-ring (bicyclic) bond motifs is 1. The molecule has 0 spiro atoms. The van der Waals surface area contributed by atoms with Crippen molar-refractivity contribution in [3.8, 4) is 11.4 Å². The lowest BCUT2D eigenvalue weighted by Crippen LogP contribution is -2.47. The van der Waals surface area contributed by atoms with Gasteiger partial charge in [0, 0.05) is 42.7 Å². The monoisotopic (exact) mass is 545 g/mol. The third kappa shape index (κ3) is 5.35. The lowest BCUT2D eigenvalue weighted by Gasteiger charge is -2.32. The van der Waals surface area contributed by atoms with Gasteiger partial charge in [0.15, 0.2) is 5.82 Å². The van der Waals surface area contributed by atoms with Gasteiger partial charge in [-0.2, -0.15) is 13.9 Å². The van der Waals surface area contributed by atoms with Crippen molar-refractivity contribution in [3.63, 3.8) is 0 Å². The first kappa shape index (κ1) is 25.1. The first-order valence-corrected chi connectivity index (χ1v) is 13.9. The molecule has 2 aliphatic carbocycles. The molecule has 3 aromatic rings. The second-order valence-corrected chi connectivity index (χ2v) is 11.0. The van der Waals surface area contributed by atoms with E-state index in [1.165, 1.54) is 11.3 Å². The number of hydrogen-bond acceptors (Lipinski definition) is 8. The fourth-order valence-corrected chi connectivity index (χ4v) is 6.05. The van der Waals surface area contributed by atoms with Crippen LogP contribution in [-0.2, 0) is 9.53 Å². The Morgan fingerprint density at radius 2 is 1.92 bits per heavy atom. The van der Waals surface area contributed by atoms with Gasteiger partial charge in [0.05, 0.1) is 23.9 Å². The number of aromatic nitrogens is 4. The summed E-state index contributed by atoms with van der Waals surface area (Å²) in [5.74, 6) is 0.768. The molecule has 0 radical (unpaired) electrons. The summed E-state index contributed by atoms with van der Waals surface area (Å²) in [6.07, 6.45) is 8.06. The number of hydrogen-bond donors (Lipinski definition) is 2. The van der Waals surface area contributed by atoms with E-state index >= 15 is 0 Å². The molecule has 6 rings (SSSR count). The van der Waals surface area contributed by atoms with Gasteiger partial charge in [-0.25, -0.2) is 14.5 Å². The van der Waals surface area contributed by atoms with Crippen LogP contribution in [0.4, 0.5) is 14.6 Å². The second-order valence-electron chi connectivity index (χ2n) is 10.1. The van der Waals surface area contributed by atoms with Crippen LogP contribution in [0.3, 0.4) is 0 Å². The van der Waals surface area contributed by atoms with Crippen molar-refractivity contribution in [2.45, 2.75) is 69.7 Å². The molecular formula is C25H29F2N7O3S. The van der Waals surface area contributed by atoms with Gasteiger partial charge < -0.3 is 20.3 Å². The van der Waals surface area contributed by atoms with Crippen LogP contribution in [-0.4, -0.2) is 74.2 Å². The summed E-state index contributed by atoms with van der Waals surface area (Å²) in [7, 11) is 0. The number of halogens is 2. The fourth-order valence-electron chi connectivity index (χ4n) is 5.26. The summed E-state index contributed by atoms with van der Waals surface area (Å²) in [5.41, 5.74) is 0.907. The van der Waals surface area contributed by atoms with Crippen LogP contribution in [0.25, 0.3) is 16.2 Å². The Morgan fingerprint density at radius 1 is 1.11 bits per heavy atom. The zero-order valence-corrected chi connectivity index (χ0v) is 21.5. The molecule has 0 bridgehead atoms. The van der Waals surface area contributed by atoms with Crippen molar-refractivity contribution in [2.75, 3.05) is 18.4 Å². The Hall–Kier alpha value is -3.19. The quantitative estimate of drug-likeness (QED) is 0.445. The van der Waals surface area contributed by atoms with E-state index in [9.17, 15) is 18.4 Å². The first-order valence-electron chi connectivity index (χ1n) is 13.0. The van der Waals surface area contributed by atoms with Crippen molar-refractivity contribution >= 4 is 33.8 Å². The first-order chi connectivity index (χ1) is 18.4. The molecular weight excluding hydrogens is 516 g/mol. The highest BCUT2D eigenvalue weighted by Crippen LogP contribution is 2.31. The van der Waals surface area contributed by atoms with Crippen LogP contribution in [0.1, 0.15) is 55.4 Å². The van der Waals surface area contributed by atoms with E-state index < -0.39 is 12.7 Å². The van der Waals surface area contributed by atoms with Gasteiger partial charge in [0.2, 0.25) is 5.91 Å². The predicted octanol–water partition coefficient (Wildman–Crippen LogP) is 3.56. The van der Waals surface area contributed by atoms with Crippen LogP contribution in [0.2, 0.25) is 0 Å². The van der Waals surface area contributed by atoms with Crippen LogP contribution in [0.5, 0.6) is 0 Å². The third-order valence-corrected chi connectivity index (χ3v) is 8.35. The van der Waals surface area contributed by atoms with Gasteiger partial charge in [0.1, 0.15) is 16.3 Å². The number of piperidine rings is 1. The minimum Gasteiger partial charge on any atom is -0.365 e. The number of likely N-dealkylation sites (tertiary alicyclic amines) is 1. The molecule has 2 atom stereocenters. The molecule has 1 saturated heterocycles. The van der Waals surface area contributed by atoms with E-state index in [4.69, 9.17) is 4.74 Å². The highest BCUT2D eigenvalue weighted by Gasteiger charge is 2.34. The van der Waals surface area contributed by atoms with Gasteiger partial charge in [-0.15, -0.1) is 11.3 Å². The Morgan fingerprint density at radius 3 is 2.68 bits per heavy atom. The van der Waals surface area contributed by atoms with Crippen molar-refractivity contribution in [1.29, 1.82) is 0 Å². The summed E-state index contributed by atoms with van der Waals surface area (Å²) in [6.45, 7) is -1.84. The Balaban J connectivity index is 1.23. The number of carbonyl (C=O) groups is 2. The van der Waals surface area contributed by atoms with Crippen LogP contribution < -0.4 is 10.6 Å². The molecule has 1 aliphatic heterocycles. The van der Waals surface area contributed by atoms with Crippen molar-refractivity contribution in [3.05, 3.63) is 29.5 Å². The summed E-state index contributed by atoms with van der Waals surface area (Å²) in [4.78, 5) is 37.5. The largest absolute Gasteiger partial charge is 0.365 e. The van der Waals surface area contributed by atoms with Gasteiger partial charge in [-0.05, 0) is 44.9 Å². The second kappa shape index (κ2) is 10.5. The zero-order chi connectivity index (χ0) is 26.2. The van der Waals surface area contributed by atoms with E-state index in [1.54, 1.807) is 21.7 Å². The molecule has 2 saturated carbocycles. The van der Waals surface area contributed by atoms with Gasteiger partial charge in [-0.1, -0.05) is 0 Å². The summed E-state index contributed by atoms with van der Waals surface area (Å²) >= 11 is 1.48. The summed E-state index contributed by atoms with van der Waals surface area (Å²) in [5, 5.41) is 12.6. The highest BCUT2D eigenvalue weighted by atomic mass is 32.1. The minimum atomic E-state index is -2.85. The number of nitrogens with zero attached hydrogens (tertiary/aromatic N) is 5. The number of rotatable bonds is 8.